The highest BCUT2D eigenvalue weighted by Crippen LogP contribution is 2.25. The van der Waals surface area contributed by atoms with Crippen molar-refractivity contribution in [3.63, 3.8) is 0 Å². The van der Waals surface area contributed by atoms with Crippen LogP contribution in [0.25, 0.3) is 0 Å². The van der Waals surface area contributed by atoms with E-state index in [1.54, 1.807) is 0 Å². The van der Waals surface area contributed by atoms with Gasteiger partial charge in [-0.15, -0.1) is 0 Å². The molecule has 0 aromatic heterocycles. The second-order valence-corrected chi connectivity index (χ2v) is 9.83. The van der Waals surface area contributed by atoms with E-state index in [0.717, 1.165) is 0 Å². The lowest BCUT2D eigenvalue weighted by Gasteiger charge is -2.23. The van der Waals surface area contributed by atoms with Crippen molar-refractivity contribution in [1.29, 1.82) is 0 Å². The summed E-state index contributed by atoms with van der Waals surface area (Å²) in [5, 5.41) is 60.8. The van der Waals surface area contributed by atoms with Crippen molar-refractivity contribution in [2.45, 2.75) is 34.0 Å². The number of hydrogen-bond acceptors (Lipinski definition) is 8. The van der Waals surface area contributed by atoms with E-state index in [2.05, 4.69) is 15.7 Å². The number of azo groups is 1. The molecule has 0 saturated carbocycles. The van der Waals surface area contributed by atoms with Crippen LogP contribution in [-0.4, -0.2) is 72.1 Å². The van der Waals surface area contributed by atoms with Gasteiger partial charge < -0.3 is 36.3 Å². The molecule has 2 aromatic rings. The highest BCUT2D eigenvalue weighted by atomic mass is 35.5. The minimum absolute atomic E-state index is 0.117. The maximum absolute atomic E-state index is 12.5. The Labute approximate surface area is 231 Å². The predicted octanol–water partition coefficient (Wildman–Crippen LogP) is 2.24. The molecular formula is C22H24Cl4N4O7. The fourth-order valence-electron chi connectivity index (χ4n) is 3.10. The zero-order valence-corrected chi connectivity index (χ0v) is 21.9. The van der Waals surface area contributed by atoms with Crippen molar-refractivity contribution in [3.8, 4) is 0 Å². The zero-order chi connectivity index (χ0) is 27.7. The molecule has 11 nitrogen and oxygen atoms in total. The molecule has 2 amide bonds. The number of nitrogens with zero attached hydrogens (tertiary/aromatic N) is 2. The van der Waals surface area contributed by atoms with Crippen molar-refractivity contribution in [3.05, 3.63) is 64.9 Å². The lowest BCUT2D eigenvalue weighted by molar-refractivity contribution is -0.435. The zero-order valence-electron chi connectivity index (χ0n) is 18.9. The quantitative estimate of drug-likeness (QED) is 0.0939. The van der Waals surface area contributed by atoms with Crippen LogP contribution in [0.5, 0.6) is 0 Å². The van der Waals surface area contributed by atoms with Crippen LogP contribution in [0.4, 0.5) is 11.4 Å². The van der Waals surface area contributed by atoms with Crippen molar-refractivity contribution in [1.82, 2.24) is 10.6 Å². The van der Waals surface area contributed by atoms with Gasteiger partial charge in [0, 0.05) is 17.2 Å². The number of alkyl halides is 4. The lowest BCUT2D eigenvalue weighted by atomic mass is 10.0. The summed E-state index contributed by atoms with van der Waals surface area (Å²) in [5.74, 6) is -1.55. The smallest absolute Gasteiger partial charge is 0.253 e. The molecule has 0 heterocycles. The topological polar surface area (TPSA) is 178 Å². The average Bonchev–Trinajstić information content (AvgIpc) is 2.89. The third kappa shape index (κ3) is 8.94. The maximum Gasteiger partial charge on any atom is 0.253 e. The summed E-state index contributed by atoms with van der Waals surface area (Å²) >= 11 is 21.9. The molecule has 0 unspecified atom stereocenters. The molecule has 202 valence electrons. The first-order chi connectivity index (χ1) is 17.5. The number of amides is 2. The highest BCUT2D eigenvalue weighted by molar-refractivity contribution is 6.53. The molecule has 0 saturated heterocycles. The van der Waals surface area contributed by atoms with Crippen LogP contribution in [0.3, 0.4) is 0 Å². The van der Waals surface area contributed by atoms with Crippen molar-refractivity contribution in [2.75, 3.05) is 13.2 Å². The minimum atomic E-state index is -1.37. The van der Waals surface area contributed by atoms with Gasteiger partial charge in [0.05, 0.1) is 25.3 Å². The number of aliphatic hydroxyl groups excluding tert-OH is 4. The predicted molar refractivity (Wildman–Crippen MR) is 137 cm³/mol. The van der Waals surface area contributed by atoms with E-state index in [-0.39, 0.29) is 11.4 Å². The van der Waals surface area contributed by atoms with Gasteiger partial charge >= 0.3 is 0 Å². The third-order valence-electron chi connectivity index (χ3n) is 5.10. The van der Waals surface area contributed by atoms with Gasteiger partial charge in [-0.25, -0.2) is 0 Å². The normalized spacial score (nSPS) is 15.2. The van der Waals surface area contributed by atoms with Gasteiger partial charge in [0.1, 0.15) is 17.9 Å². The van der Waals surface area contributed by atoms with Crippen LogP contribution in [0.1, 0.15) is 23.3 Å². The summed E-state index contributed by atoms with van der Waals surface area (Å²) in [6, 6.07) is 9.26. The summed E-state index contributed by atoms with van der Waals surface area (Å²) in [5.41, 5.74) is 0.984. The van der Waals surface area contributed by atoms with E-state index in [1.165, 1.54) is 48.5 Å². The summed E-state index contributed by atoms with van der Waals surface area (Å²) in [6.45, 7) is -1.17. The second-order valence-electron chi connectivity index (χ2n) is 7.64. The van der Waals surface area contributed by atoms with Gasteiger partial charge in [0.2, 0.25) is 5.69 Å². The van der Waals surface area contributed by atoms with E-state index < -0.39 is 59.0 Å². The first kappa shape index (κ1) is 31.0. The van der Waals surface area contributed by atoms with Crippen LogP contribution in [0.2, 0.25) is 0 Å². The van der Waals surface area contributed by atoms with E-state index in [0.29, 0.717) is 16.0 Å². The fraction of sp³-hybridized carbons (Fsp3) is 0.364. The molecule has 6 N–H and O–H groups in total. The number of benzene rings is 2. The Morgan fingerprint density at radius 3 is 1.51 bits per heavy atom. The number of carbonyl (C=O) groups is 2. The Hall–Kier alpha value is -2.22. The SMILES string of the molecule is O=C(N[C@H](CO)[C@H](O)c1ccc(N=[N+]([O-])c2ccc([C@@H](O)[C@@H](CO)NC(=O)C(Cl)Cl)cc2)cc1)C(Cl)Cl. The highest BCUT2D eigenvalue weighted by Gasteiger charge is 2.26. The molecule has 0 spiro atoms. The van der Waals surface area contributed by atoms with E-state index in [4.69, 9.17) is 46.4 Å². The van der Waals surface area contributed by atoms with Gasteiger partial charge in [-0.3, -0.25) is 9.59 Å². The Morgan fingerprint density at radius 2 is 1.16 bits per heavy atom. The van der Waals surface area contributed by atoms with Crippen LogP contribution in [-0.2, 0) is 9.59 Å². The Balaban J connectivity index is 2.10. The van der Waals surface area contributed by atoms with Crippen molar-refractivity contribution < 1.29 is 34.9 Å². The van der Waals surface area contributed by atoms with Crippen LogP contribution < -0.4 is 10.6 Å². The number of rotatable bonds is 12. The van der Waals surface area contributed by atoms with Gasteiger partial charge in [-0.1, -0.05) is 63.4 Å². The van der Waals surface area contributed by atoms with Crippen LogP contribution in [0.15, 0.2) is 53.6 Å². The van der Waals surface area contributed by atoms with E-state index >= 15 is 0 Å². The molecule has 0 fully saturated rings. The second kappa shape index (κ2) is 14.6. The van der Waals surface area contributed by atoms with Gasteiger partial charge in [-0.2, -0.15) is 0 Å². The maximum atomic E-state index is 12.5. The number of hydrogen-bond donors (Lipinski definition) is 6. The van der Waals surface area contributed by atoms with Crippen molar-refractivity contribution >= 4 is 69.6 Å². The number of nitrogens with one attached hydrogen (secondary N) is 2. The molecule has 0 aliphatic carbocycles. The Kier molecular flexibility index (Phi) is 12.3. The van der Waals surface area contributed by atoms with E-state index in [9.17, 15) is 35.2 Å². The Bertz CT molecular complexity index is 1070. The molecular weight excluding hydrogens is 574 g/mol. The standard InChI is InChI=1S/C22H24Cl4N4O7/c23-19(24)21(35)27-15(9-31)17(33)11-1-5-13(6-2-11)29-30(37)14-7-3-12(4-8-14)18(34)16(10-32)28-22(36)20(25)26/h1-8,15-20,31-34H,9-10H2,(H,27,35)(H,28,36)/t15-,16-,17-,18-/m1/s1. The van der Waals surface area contributed by atoms with Crippen molar-refractivity contribution in [2.24, 2.45) is 5.11 Å². The molecule has 0 aliphatic rings. The van der Waals surface area contributed by atoms with Gasteiger partial charge in [0.25, 0.3) is 11.8 Å². The first-order valence-corrected chi connectivity index (χ1v) is 12.4. The molecule has 0 bridgehead atoms. The number of carbonyl (C=O) groups excluding carboxylic acids is 2. The number of aliphatic hydroxyl groups is 4. The molecule has 2 aromatic carbocycles. The monoisotopic (exact) mass is 596 g/mol. The largest absolute Gasteiger partial charge is 0.594 e. The number of halogens is 4. The van der Waals surface area contributed by atoms with Crippen LogP contribution in [0, 0.1) is 5.21 Å². The molecule has 15 heteroatoms. The first-order valence-electron chi connectivity index (χ1n) is 10.6. The summed E-state index contributed by atoms with van der Waals surface area (Å²) < 4.78 is 0. The average molecular weight is 598 g/mol. The van der Waals surface area contributed by atoms with E-state index in [1.807, 2.05) is 0 Å². The molecule has 2 rings (SSSR count). The Morgan fingerprint density at radius 1 is 0.784 bits per heavy atom. The summed E-state index contributed by atoms with van der Waals surface area (Å²) in [6.07, 6.45) is -2.59. The molecule has 0 aliphatic heterocycles. The fourth-order valence-corrected chi connectivity index (χ4v) is 3.36. The summed E-state index contributed by atoms with van der Waals surface area (Å²) in [4.78, 5) is 20.8. The van der Waals surface area contributed by atoms with Crippen LogP contribution >= 0.6 is 46.4 Å². The lowest BCUT2D eigenvalue weighted by Crippen LogP contribution is -2.44. The molecule has 4 atom stereocenters. The molecule has 0 radical (unpaired) electrons. The third-order valence-corrected chi connectivity index (χ3v) is 5.90. The van der Waals surface area contributed by atoms with Gasteiger partial charge in [0.15, 0.2) is 9.67 Å². The summed E-state index contributed by atoms with van der Waals surface area (Å²) in [7, 11) is 0. The molecule has 37 heavy (non-hydrogen) atoms. The van der Waals surface area contributed by atoms with Gasteiger partial charge in [-0.05, 0) is 35.4 Å². The minimum Gasteiger partial charge on any atom is -0.594 e.